The first-order valence-corrected chi connectivity index (χ1v) is 8.88. The van der Waals surface area contributed by atoms with Gasteiger partial charge in [-0.3, -0.25) is 0 Å². The van der Waals surface area contributed by atoms with E-state index >= 15 is 0 Å². The van der Waals surface area contributed by atoms with E-state index in [-0.39, 0.29) is 16.3 Å². The molecule has 0 saturated heterocycles. The van der Waals surface area contributed by atoms with Crippen molar-refractivity contribution >= 4 is 27.6 Å². The summed E-state index contributed by atoms with van der Waals surface area (Å²) < 4.78 is 28.3. The normalized spacial score (nSPS) is 24.3. The van der Waals surface area contributed by atoms with E-state index in [1.54, 1.807) is 6.07 Å². The Bertz CT molecular complexity index is 560. The van der Waals surface area contributed by atoms with Gasteiger partial charge in [-0.1, -0.05) is 18.2 Å². The van der Waals surface area contributed by atoms with Crippen LogP contribution in [-0.2, 0) is 9.84 Å². The lowest BCUT2D eigenvalue weighted by Crippen LogP contribution is -2.28. The Kier molecular flexibility index (Phi) is 4.25. The standard InChI is InChI=1S/C12H16O5S2/c1-19(15,16)9-4-2-3-8(7-9)18-11-6-5-10(17-11)12(13)14/h5-6,8-9H,2-4,7H2,1H3,(H,13,14). The van der Waals surface area contributed by atoms with E-state index < -0.39 is 15.8 Å². The zero-order valence-corrected chi connectivity index (χ0v) is 12.2. The molecule has 106 valence electrons. The number of carboxylic acid groups (broad SMARTS) is 1. The van der Waals surface area contributed by atoms with Crippen molar-refractivity contribution in [1.82, 2.24) is 0 Å². The molecular formula is C12H16O5S2. The third kappa shape index (κ3) is 3.76. The van der Waals surface area contributed by atoms with Crippen molar-refractivity contribution in [3.05, 3.63) is 17.9 Å². The smallest absolute Gasteiger partial charge is 0.371 e. The van der Waals surface area contributed by atoms with Crippen LogP contribution in [0, 0.1) is 0 Å². The molecule has 1 N–H and O–H groups in total. The van der Waals surface area contributed by atoms with Crippen LogP contribution in [0.15, 0.2) is 21.6 Å². The number of hydrogen-bond donors (Lipinski definition) is 1. The van der Waals surface area contributed by atoms with Crippen molar-refractivity contribution in [3.8, 4) is 0 Å². The average molecular weight is 304 g/mol. The van der Waals surface area contributed by atoms with Crippen LogP contribution in [0.3, 0.4) is 0 Å². The number of rotatable bonds is 4. The van der Waals surface area contributed by atoms with Crippen molar-refractivity contribution in [2.24, 2.45) is 0 Å². The van der Waals surface area contributed by atoms with Crippen molar-refractivity contribution in [2.45, 2.75) is 41.3 Å². The Morgan fingerprint density at radius 1 is 1.42 bits per heavy atom. The van der Waals surface area contributed by atoms with Crippen LogP contribution in [0.1, 0.15) is 36.2 Å². The number of hydrogen-bond acceptors (Lipinski definition) is 5. The first-order valence-electron chi connectivity index (χ1n) is 6.05. The Morgan fingerprint density at radius 2 is 2.16 bits per heavy atom. The van der Waals surface area contributed by atoms with Gasteiger partial charge in [-0.2, -0.15) is 0 Å². The monoisotopic (exact) mass is 304 g/mol. The summed E-state index contributed by atoms with van der Waals surface area (Å²) in [7, 11) is -3.00. The molecule has 1 aromatic heterocycles. The average Bonchev–Trinajstić information content (AvgIpc) is 2.77. The van der Waals surface area contributed by atoms with Gasteiger partial charge in [0.05, 0.1) is 5.25 Å². The number of carboxylic acids is 1. The molecule has 2 rings (SSSR count). The maximum Gasteiger partial charge on any atom is 0.371 e. The summed E-state index contributed by atoms with van der Waals surface area (Å²) in [6.07, 6.45) is 4.41. The first kappa shape index (κ1) is 14.5. The van der Waals surface area contributed by atoms with E-state index in [9.17, 15) is 13.2 Å². The Balaban J connectivity index is 2.00. The molecule has 19 heavy (non-hydrogen) atoms. The van der Waals surface area contributed by atoms with Gasteiger partial charge >= 0.3 is 5.97 Å². The third-order valence-electron chi connectivity index (χ3n) is 3.26. The maximum absolute atomic E-state index is 11.6. The minimum absolute atomic E-state index is 0.0852. The second kappa shape index (κ2) is 5.58. The van der Waals surface area contributed by atoms with Crippen LogP contribution in [-0.4, -0.2) is 36.2 Å². The molecule has 1 saturated carbocycles. The highest BCUT2D eigenvalue weighted by atomic mass is 32.2. The van der Waals surface area contributed by atoms with E-state index in [4.69, 9.17) is 9.52 Å². The zero-order valence-electron chi connectivity index (χ0n) is 10.5. The number of aromatic carboxylic acids is 1. The number of thioether (sulfide) groups is 1. The minimum atomic E-state index is -3.00. The molecule has 0 aliphatic heterocycles. The topological polar surface area (TPSA) is 84.6 Å². The fourth-order valence-corrected chi connectivity index (χ4v) is 4.79. The zero-order chi connectivity index (χ0) is 14.0. The summed E-state index contributed by atoms with van der Waals surface area (Å²) in [4.78, 5) is 10.7. The number of furan rings is 1. The predicted molar refractivity (Wildman–Crippen MR) is 72.4 cm³/mol. The summed E-state index contributed by atoms with van der Waals surface area (Å²) in [5.41, 5.74) is 0. The van der Waals surface area contributed by atoms with Crippen LogP contribution in [0.25, 0.3) is 0 Å². The molecule has 0 aromatic carbocycles. The number of carbonyl (C=O) groups is 1. The van der Waals surface area contributed by atoms with Crippen LogP contribution in [0.5, 0.6) is 0 Å². The van der Waals surface area contributed by atoms with E-state index in [0.29, 0.717) is 17.9 Å². The van der Waals surface area contributed by atoms with Crippen molar-refractivity contribution < 1.29 is 22.7 Å². The van der Waals surface area contributed by atoms with E-state index in [0.717, 1.165) is 12.8 Å². The highest BCUT2D eigenvalue weighted by Crippen LogP contribution is 2.36. The van der Waals surface area contributed by atoms with Crippen LogP contribution in [0.4, 0.5) is 0 Å². The van der Waals surface area contributed by atoms with Gasteiger partial charge in [-0.25, -0.2) is 13.2 Å². The first-order chi connectivity index (χ1) is 8.86. The van der Waals surface area contributed by atoms with Gasteiger partial charge in [0.2, 0.25) is 5.76 Å². The molecule has 0 spiro atoms. The summed E-state index contributed by atoms with van der Waals surface area (Å²) >= 11 is 1.43. The Labute approximate surface area is 116 Å². The maximum atomic E-state index is 11.6. The second-order valence-corrected chi connectivity index (χ2v) is 8.41. The van der Waals surface area contributed by atoms with Crippen molar-refractivity contribution in [2.75, 3.05) is 6.26 Å². The molecule has 0 amide bonds. The van der Waals surface area contributed by atoms with E-state index in [1.165, 1.54) is 24.1 Å². The summed E-state index contributed by atoms with van der Waals surface area (Å²) in [6.45, 7) is 0. The lowest BCUT2D eigenvalue weighted by molar-refractivity contribution is 0.0656. The lowest BCUT2D eigenvalue weighted by atomic mass is 10.00. The third-order valence-corrected chi connectivity index (χ3v) is 6.11. The molecule has 1 heterocycles. The molecule has 1 aliphatic carbocycles. The van der Waals surface area contributed by atoms with Crippen LogP contribution >= 0.6 is 11.8 Å². The minimum Gasteiger partial charge on any atom is -0.475 e. The van der Waals surface area contributed by atoms with Crippen LogP contribution in [0.2, 0.25) is 0 Å². The predicted octanol–water partition coefficient (Wildman–Crippen LogP) is 2.43. The van der Waals surface area contributed by atoms with Crippen molar-refractivity contribution in [1.29, 1.82) is 0 Å². The summed E-state index contributed by atoms with van der Waals surface area (Å²) in [6, 6.07) is 3.04. The Morgan fingerprint density at radius 3 is 2.74 bits per heavy atom. The fourth-order valence-electron chi connectivity index (χ4n) is 2.26. The highest BCUT2D eigenvalue weighted by Gasteiger charge is 2.30. The molecule has 1 aromatic rings. The molecule has 2 atom stereocenters. The van der Waals surface area contributed by atoms with E-state index in [2.05, 4.69) is 0 Å². The summed E-state index contributed by atoms with van der Waals surface area (Å²) in [5.74, 6) is -1.18. The molecule has 2 unspecified atom stereocenters. The van der Waals surface area contributed by atoms with Crippen molar-refractivity contribution in [3.63, 3.8) is 0 Å². The largest absolute Gasteiger partial charge is 0.475 e. The molecule has 5 nitrogen and oxygen atoms in total. The lowest BCUT2D eigenvalue weighted by Gasteiger charge is -2.26. The second-order valence-electron chi connectivity index (χ2n) is 4.78. The van der Waals surface area contributed by atoms with E-state index in [1.807, 2.05) is 0 Å². The van der Waals surface area contributed by atoms with Gasteiger partial charge in [0, 0.05) is 11.5 Å². The van der Waals surface area contributed by atoms with Gasteiger partial charge < -0.3 is 9.52 Å². The van der Waals surface area contributed by atoms with Gasteiger partial charge in [0.15, 0.2) is 5.09 Å². The molecule has 1 fully saturated rings. The van der Waals surface area contributed by atoms with Gasteiger partial charge in [-0.05, 0) is 31.4 Å². The SMILES string of the molecule is CS(=O)(=O)C1CCCC(Sc2ccc(C(=O)O)o2)C1. The molecule has 0 radical (unpaired) electrons. The van der Waals surface area contributed by atoms with Gasteiger partial charge in [0.25, 0.3) is 0 Å². The Hall–Kier alpha value is -0.950. The quantitative estimate of drug-likeness (QED) is 0.919. The molecule has 1 aliphatic rings. The highest BCUT2D eigenvalue weighted by molar-refractivity contribution is 7.99. The van der Waals surface area contributed by atoms with Gasteiger partial charge in [0.1, 0.15) is 9.84 Å². The molecule has 0 bridgehead atoms. The van der Waals surface area contributed by atoms with Gasteiger partial charge in [-0.15, -0.1) is 0 Å². The molecule has 7 heteroatoms. The molecular weight excluding hydrogens is 288 g/mol. The summed E-state index contributed by atoms with van der Waals surface area (Å²) in [5, 5.41) is 9.19. The van der Waals surface area contributed by atoms with Crippen LogP contribution < -0.4 is 0 Å². The fraction of sp³-hybridized carbons (Fsp3) is 0.583. The number of sulfone groups is 1.